The first-order valence-corrected chi connectivity index (χ1v) is 14.2. The third kappa shape index (κ3) is 19.9. The summed E-state index contributed by atoms with van der Waals surface area (Å²) in [7, 11) is 0. The molecule has 2 fully saturated rings. The van der Waals surface area contributed by atoms with E-state index in [2.05, 4.69) is 43.0 Å². The molecule has 12 heteroatoms. The molecule has 233 valence electrons. The average molecular weight is 696 g/mol. The number of ether oxygens (including phenoxy) is 1. The predicted molar refractivity (Wildman–Crippen MR) is 171 cm³/mol. The molecule has 2 saturated carbocycles. The molecule has 0 amide bonds. The number of rotatable bonds is 7. The first kappa shape index (κ1) is 48.6. The Hall–Kier alpha value is -0.258. The summed E-state index contributed by atoms with van der Waals surface area (Å²) in [5.74, 6) is -0.208. The van der Waals surface area contributed by atoms with Crippen molar-refractivity contribution < 1.29 is 51.7 Å². The summed E-state index contributed by atoms with van der Waals surface area (Å²) in [6.45, 7) is 12.5. The van der Waals surface area contributed by atoms with E-state index in [-0.39, 0.29) is 70.4 Å². The van der Waals surface area contributed by atoms with Crippen molar-refractivity contribution in [2.24, 2.45) is 0 Å². The Bertz CT molecular complexity index is 1010. The maximum absolute atomic E-state index is 11.6. The van der Waals surface area contributed by atoms with Gasteiger partial charge in [-0.05, 0) is 62.8 Å². The zero-order chi connectivity index (χ0) is 28.9. The van der Waals surface area contributed by atoms with Crippen molar-refractivity contribution in [3.05, 3.63) is 63.4 Å². The second-order valence-electron chi connectivity index (χ2n) is 9.65. The minimum Gasteiger partial charge on any atom is -0.658 e. The number of carbonyl (C=O) groups is 2. The van der Waals surface area contributed by atoms with Gasteiger partial charge in [0.25, 0.3) is 0 Å². The molecule has 6 nitrogen and oxygen atoms in total. The summed E-state index contributed by atoms with van der Waals surface area (Å²) in [6, 6.07) is 8.36. The van der Waals surface area contributed by atoms with E-state index in [4.69, 9.17) is 51.1 Å². The van der Waals surface area contributed by atoms with Crippen LogP contribution in [0.5, 0.6) is 0 Å². The Balaban J connectivity index is -0.000000231. The number of carbonyl (C=O) groups excluding carboxylic acids is 2. The standard InChI is InChI=1S/C10H9Cl2NO.C6H6ClN.C6H9ClO2.C6H14N.2CH4.Li.V/c11-9-7(2-1-5-13-9)6-8(14)10(12)3-4-10;1-5-3-2-4-8-6(5)7;1-2-9-5(8)6(7)3-4-6;1-5(2)7-6(3)4;;;;/h1-2,5H,3-4,6H2;2-4H,1H3;2-4H2,1H3;5-6H,1-4H3;2*1H4;;/q;;;-1;;;+1;. The maximum Gasteiger partial charge on any atom is 1.00 e. The Morgan fingerprint density at radius 1 is 0.905 bits per heavy atom. The molecule has 0 bridgehead atoms. The monoisotopic (exact) mass is 694 g/mol. The molecule has 0 atom stereocenters. The van der Waals surface area contributed by atoms with Gasteiger partial charge in [0, 0.05) is 37.4 Å². The minimum absolute atomic E-state index is 0. The van der Waals surface area contributed by atoms with Gasteiger partial charge in [0.1, 0.15) is 20.1 Å². The fraction of sp³-hybridized carbons (Fsp3) is 0.600. The number of aromatic nitrogens is 2. The average Bonchev–Trinajstić information content (AvgIpc) is 3.77. The summed E-state index contributed by atoms with van der Waals surface area (Å²) in [5.41, 5.74) is 1.78. The SMILES string of the molecule is C.C.CC(C)[N-]C(C)C.CCOC(=O)C1(Cl)CC1.Cc1cccnc1Cl.O=C(Cc1cccnc1Cl)C1(Cl)CC1.[Li+].[V]. The largest absolute Gasteiger partial charge is 1.00 e. The van der Waals surface area contributed by atoms with Crippen molar-refractivity contribution in [1.29, 1.82) is 0 Å². The second-order valence-corrected chi connectivity index (χ2v) is 11.8. The smallest absolute Gasteiger partial charge is 0.658 e. The molecule has 2 aliphatic carbocycles. The number of nitrogens with zero attached hydrogens (tertiary/aromatic N) is 3. The van der Waals surface area contributed by atoms with Crippen molar-refractivity contribution >= 4 is 58.2 Å². The molecular weight excluding hydrogens is 650 g/mol. The fourth-order valence-electron chi connectivity index (χ4n) is 2.91. The minimum atomic E-state index is -0.629. The first-order chi connectivity index (χ1) is 17.7. The van der Waals surface area contributed by atoms with E-state index in [9.17, 15) is 9.59 Å². The van der Waals surface area contributed by atoms with Crippen molar-refractivity contribution in [3.8, 4) is 0 Å². The van der Waals surface area contributed by atoms with Crippen LogP contribution in [0.3, 0.4) is 0 Å². The molecule has 0 saturated heterocycles. The van der Waals surface area contributed by atoms with Gasteiger partial charge in [-0.15, -0.1) is 35.3 Å². The number of Topliss-reactive ketones (excluding diaryl/α,β-unsaturated/α-hetero) is 1. The van der Waals surface area contributed by atoms with Crippen LogP contribution >= 0.6 is 46.4 Å². The molecule has 2 aliphatic rings. The van der Waals surface area contributed by atoms with Gasteiger partial charge in [-0.25, -0.2) is 9.97 Å². The van der Waals surface area contributed by atoms with Gasteiger partial charge in [-0.1, -0.05) is 77.9 Å². The Morgan fingerprint density at radius 3 is 1.67 bits per heavy atom. The van der Waals surface area contributed by atoms with E-state index in [0.717, 1.165) is 36.8 Å². The van der Waals surface area contributed by atoms with E-state index in [0.29, 0.717) is 29.0 Å². The van der Waals surface area contributed by atoms with Gasteiger partial charge in [0.15, 0.2) is 5.78 Å². The molecular formula is C30H46Cl4LiN3O3V. The second kappa shape index (κ2) is 24.0. The van der Waals surface area contributed by atoms with E-state index >= 15 is 0 Å². The molecule has 2 heterocycles. The van der Waals surface area contributed by atoms with Crippen molar-refractivity contribution in [1.82, 2.24) is 9.97 Å². The molecule has 0 aromatic carbocycles. The first-order valence-electron chi connectivity index (χ1n) is 12.7. The number of ketones is 1. The Morgan fingerprint density at radius 2 is 1.36 bits per heavy atom. The quantitative estimate of drug-likeness (QED) is 0.144. The number of aryl methyl sites for hydroxylation is 1. The summed E-state index contributed by atoms with van der Waals surface area (Å²) in [5, 5.41) is 5.26. The van der Waals surface area contributed by atoms with Crippen LogP contribution in [0.25, 0.3) is 5.32 Å². The number of esters is 1. The van der Waals surface area contributed by atoms with Gasteiger partial charge in [-0.3, -0.25) is 9.59 Å². The molecule has 4 rings (SSSR count). The fourth-order valence-corrected chi connectivity index (χ4v) is 3.52. The zero-order valence-electron chi connectivity index (χ0n) is 24.4. The summed E-state index contributed by atoms with van der Waals surface area (Å²) < 4.78 is 4.70. The van der Waals surface area contributed by atoms with Crippen LogP contribution < -0.4 is 18.9 Å². The number of hydrogen-bond acceptors (Lipinski definition) is 5. The molecule has 0 spiro atoms. The normalized spacial score (nSPS) is 14.1. The molecule has 1 radical (unpaired) electrons. The third-order valence-electron chi connectivity index (χ3n) is 5.25. The van der Waals surface area contributed by atoms with Crippen LogP contribution in [0.4, 0.5) is 0 Å². The summed E-state index contributed by atoms with van der Waals surface area (Å²) in [6.07, 6.45) is 6.67. The zero-order valence-corrected chi connectivity index (χ0v) is 28.8. The van der Waals surface area contributed by atoms with Crippen LogP contribution in [0.2, 0.25) is 10.3 Å². The Labute approximate surface area is 298 Å². The van der Waals surface area contributed by atoms with Crippen molar-refractivity contribution in [2.45, 2.75) is 110 Å². The molecule has 42 heavy (non-hydrogen) atoms. The van der Waals surface area contributed by atoms with Crippen LogP contribution in [0.1, 0.15) is 86.3 Å². The number of halogens is 4. The van der Waals surface area contributed by atoms with Crippen LogP contribution in [-0.2, 0) is 39.3 Å². The summed E-state index contributed by atoms with van der Waals surface area (Å²) >= 11 is 23.1. The van der Waals surface area contributed by atoms with Crippen molar-refractivity contribution in [2.75, 3.05) is 6.61 Å². The predicted octanol–water partition coefficient (Wildman–Crippen LogP) is 6.43. The maximum atomic E-state index is 11.6. The van der Waals surface area contributed by atoms with Gasteiger partial charge in [0.05, 0.1) is 6.61 Å². The van der Waals surface area contributed by atoms with Gasteiger partial charge in [0.2, 0.25) is 0 Å². The number of alkyl halides is 2. The van der Waals surface area contributed by atoms with Crippen LogP contribution in [-0.4, -0.2) is 50.2 Å². The van der Waals surface area contributed by atoms with E-state index in [1.807, 2.05) is 19.1 Å². The number of pyridine rings is 2. The van der Waals surface area contributed by atoms with Gasteiger partial charge >= 0.3 is 24.8 Å². The van der Waals surface area contributed by atoms with Crippen molar-refractivity contribution in [3.63, 3.8) is 0 Å². The van der Waals surface area contributed by atoms with Crippen LogP contribution in [0.15, 0.2) is 36.7 Å². The summed E-state index contributed by atoms with van der Waals surface area (Å²) in [4.78, 5) is 28.9. The molecule has 2 aromatic heterocycles. The van der Waals surface area contributed by atoms with E-state index in [1.165, 1.54) is 0 Å². The van der Waals surface area contributed by atoms with Gasteiger partial charge < -0.3 is 10.1 Å². The number of hydrogen-bond donors (Lipinski definition) is 0. The Kier molecular flexibility index (Phi) is 27.8. The van der Waals surface area contributed by atoms with Crippen LogP contribution in [0, 0.1) is 6.92 Å². The molecule has 2 aromatic rings. The van der Waals surface area contributed by atoms with Gasteiger partial charge in [-0.2, -0.15) is 0 Å². The topological polar surface area (TPSA) is 83.3 Å². The van der Waals surface area contributed by atoms with E-state index in [1.54, 1.807) is 31.5 Å². The molecule has 0 aliphatic heterocycles. The van der Waals surface area contributed by atoms with E-state index < -0.39 is 9.75 Å². The third-order valence-corrected chi connectivity index (χ3v) is 7.11. The molecule has 0 unspecified atom stereocenters. The molecule has 0 N–H and O–H groups in total.